The predicted octanol–water partition coefficient (Wildman–Crippen LogP) is 3.17. The summed E-state index contributed by atoms with van der Waals surface area (Å²) in [6.07, 6.45) is -0.399. The van der Waals surface area contributed by atoms with Crippen molar-refractivity contribution in [3.05, 3.63) is 28.0 Å². The monoisotopic (exact) mass is 387 g/mol. The Balaban J connectivity index is 1.95. The number of aromatic nitrogens is 2. The highest BCUT2D eigenvalue weighted by Gasteiger charge is 2.15. The quantitative estimate of drug-likeness (QED) is 0.824. The molecule has 2 rings (SSSR count). The number of nitrogens with one attached hydrogen (secondary N) is 1. The number of amides is 1. The van der Waals surface area contributed by atoms with Crippen LogP contribution >= 0.6 is 22.6 Å². The molecule has 1 aromatic heterocycles. The van der Waals surface area contributed by atoms with Crippen molar-refractivity contribution in [2.45, 2.75) is 32.9 Å². The van der Waals surface area contributed by atoms with E-state index < -0.39 is 11.7 Å². The first-order valence-electron chi connectivity index (χ1n) is 6.45. The van der Waals surface area contributed by atoms with Crippen LogP contribution in [0.25, 0.3) is 10.9 Å². The smallest absolute Gasteiger partial charge is 0.407 e. The summed E-state index contributed by atoms with van der Waals surface area (Å²) in [4.78, 5) is 11.6. The molecule has 2 aromatic rings. The van der Waals surface area contributed by atoms with Crippen molar-refractivity contribution in [2.24, 2.45) is 0 Å². The van der Waals surface area contributed by atoms with Crippen LogP contribution in [0.4, 0.5) is 4.79 Å². The highest BCUT2D eigenvalue weighted by atomic mass is 127. The topological polar surface area (TPSA) is 56.1 Å². The van der Waals surface area contributed by atoms with Crippen LogP contribution < -0.4 is 5.32 Å². The summed E-state index contributed by atoms with van der Waals surface area (Å²) < 4.78 is 8.05. The normalized spacial score (nSPS) is 11.6. The van der Waals surface area contributed by atoms with E-state index in [0.29, 0.717) is 13.1 Å². The van der Waals surface area contributed by atoms with Gasteiger partial charge in [0.05, 0.1) is 12.1 Å². The minimum atomic E-state index is -0.474. The number of halogens is 1. The lowest BCUT2D eigenvalue weighted by molar-refractivity contribution is 0.0526. The van der Waals surface area contributed by atoms with Crippen LogP contribution in [0.1, 0.15) is 20.8 Å². The molecule has 6 heteroatoms. The van der Waals surface area contributed by atoms with Gasteiger partial charge in [0.2, 0.25) is 0 Å². The average molecular weight is 387 g/mol. The van der Waals surface area contributed by atoms with Crippen molar-refractivity contribution >= 4 is 39.6 Å². The van der Waals surface area contributed by atoms with Gasteiger partial charge in [-0.25, -0.2) is 4.79 Å². The van der Waals surface area contributed by atoms with E-state index in [2.05, 4.69) is 33.0 Å². The zero-order valence-electron chi connectivity index (χ0n) is 11.8. The Bertz CT molecular complexity index is 616. The Morgan fingerprint density at radius 1 is 1.40 bits per heavy atom. The Kier molecular flexibility index (Phi) is 4.52. The van der Waals surface area contributed by atoms with Crippen LogP contribution in [-0.2, 0) is 11.3 Å². The van der Waals surface area contributed by atoms with Gasteiger partial charge in [-0.05, 0) is 49.4 Å². The van der Waals surface area contributed by atoms with Gasteiger partial charge >= 0.3 is 6.09 Å². The molecule has 1 aromatic carbocycles. The summed E-state index contributed by atoms with van der Waals surface area (Å²) in [6.45, 7) is 6.63. The molecule has 108 valence electrons. The number of rotatable bonds is 3. The number of ether oxygens (including phenoxy) is 1. The molecule has 20 heavy (non-hydrogen) atoms. The van der Waals surface area contributed by atoms with Crippen LogP contribution in [0.15, 0.2) is 24.3 Å². The van der Waals surface area contributed by atoms with Crippen molar-refractivity contribution in [1.29, 1.82) is 0 Å². The Hall–Kier alpha value is -1.31. The van der Waals surface area contributed by atoms with E-state index >= 15 is 0 Å². The van der Waals surface area contributed by atoms with Crippen LogP contribution in [0.5, 0.6) is 0 Å². The number of carbonyl (C=O) groups excluding carboxylic acids is 1. The molecule has 0 aliphatic heterocycles. The third-order valence-corrected chi connectivity index (χ3v) is 3.40. The first-order chi connectivity index (χ1) is 9.37. The summed E-state index contributed by atoms with van der Waals surface area (Å²) in [5.74, 6) is 0. The van der Waals surface area contributed by atoms with E-state index in [1.165, 1.54) is 0 Å². The highest BCUT2D eigenvalue weighted by Crippen LogP contribution is 2.19. The molecule has 0 saturated carbocycles. The SMILES string of the molecule is CC(C)(C)OC(=O)NCCn1nc(I)c2ccccc21. The van der Waals surface area contributed by atoms with Gasteiger partial charge < -0.3 is 10.1 Å². The maximum atomic E-state index is 11.6. The lowest BCUT2D eigenvalue weighted by Crippen LogP contribution is -2.34. The third-order valence-electron chi connectivity index (χ3n) is 2.60. The molecular weight excluding hydrogens is 369 g/mol. The maximum absolute atomic E-state index is 11.6. The number of carbonyl (C=O) groups is 1. The first kappa shape index (κ1) is 15.1. The van der Waals surface area contributed by atoms with Crippen LogP contribution in [0.2, 0.25) is 0 Å². The molecule has 0 bridgehead atoms. The fraction of sp³-hybridized carbons (Fsp3) is 0.429. The fourth-order valence-electron chi connectivity index (χ4n) is 1.84. The molecule has 0 fully saturated rings. The van der Waals surface area contributed by atoms with Crippen LogP contribution in [-0.4, -0.2) is 28.0 Å². The number of fused-ring (bicyclic) bond motifs is 1. The van der Waals surface area contributed by atoms with Crippen molar-refractivity contribution < 1.29 is 9.53 Å². The largest absolute Gasteiger partial charge is 0.444 e. The molecule has 1 N–H and O–H groups in total. The second-order valence-electron chi connectivity index (χ2n) is 5.46. The molecule has 0 spiro atoms. The summed E-state index contributed by atoms with van der Waals surface area (Å²) >= 11 is 2.22. The van der Waals surface area contributed by atoms with Crippen molar-refractivity contribution in [3.63, 3.8) is 0 Å². The standard InChI is InChI=1S/C14H18IN3O2/c1-14(2,3)20-13(19)16-8-9-18-11-7-5-4-6-10(11)12(15)17-18/h4-7H,8-9H2,1-3H3,(H,16,19). The number of nitrogens with zero attached hydrogens (tertiary/aromatic N) is 2. The second-order valence-corrected chi connectivity index (χ2v) is 6.48. The zero-order valence-corrected chi connectivity index (χ0v) is 14.0. The minimum Gasteiger partial charge on any atom is -0.444 e. The third kappa shape index (κ3) is 3.84. The van der Waals surface area contributed by atoms with Crippen LogP contribution in [0, 0.1) is 3.70 Å². The number of hydrogen-bond donors (Lipinski definition) is 1. The molecule has 5 nitrogen and oxygen atoms in total. The Morgan fingerprint density at radius 3 is 2.80 bits per heavy atom. The maximum Gasteiger partial charge on any atom is 0.407 e. The van der Waals surface area contributed by atoms with E-state index in [0.717, 1.165) is 14.6 Å². The summed E-state index contributed by atoms with van der Waals surface area (Å²) in [5, 5.41) is 8.34. The zero-order chi connectivity index (χ0) is 14.8. The molecule has 0 saturated heterocycles. The summed E-state index contributed by atoms with van der Waals surface area (Å²) in [7, 11) is 0. The molecule has 0 aliphatic carbocycles. The van der Waals surface area contributed by atoms with E-state index in [9.17, 15) is 4.79 Å². The predicted molar refractivity (Wildman–Crippen MR) is 86.7 cm³/mol. The van der Waals surface area contributed by atoms with E-state index in [1.807, 2.05) is 49.7 Å². The molecule has 0 aliphatic rings. The molecule has 0 atom stereocenters. The van der Waals surface area contributed by atoms with Gasteiger partial charge in [-0.2, -0.15) is 5.10 Å². The minimum absolute atomic E-state index is 0.399. The van der Waals surface area contributed by atoms with Gasteiger partial charge in [-0.1, -0.05) is 18.2 Å². The lowest BCUT2D eigenvalue weighted by Gasteiger charge is -2.19. The molecule has 1 heterocycles. The van der Waals surface area contributed by atoms with Crippen LogP contribution in [0.3, 0.4) is 0 Å². The first-order valence-corrected chi connectivity index (χ1v) is 7.52. The molecule has 1 amide bonds. The Morgan fingerprint density at radius 2 is 2.10 bits per heavy atom. The fourth-order valence-corrected chi connectivity index (χ4v) is 2.55. The van der Waals surface area contributed by atoms with Crippen molar-refractivity contribution in [3.8, 4) is 0 Å². The molecular formula is C14H18IN3O2. The van der Waals surface area contributed by atoms with E-state index in [1.54, 1.807) is 0 Å². The van der Waals surface area contributed by atoms with Crippen molar-refractivity contribution in [2.75, 3.05) is 6.54 Å². The highest BCUT2D eigenvalue weighted by molar-refractivity contribution is 14.1. The van der Waals surface area contributed by atoms with Crippen molar-refractivity contribution in [1.82, 2.24) is 15.1 Å². The van der Waals surface area contributed by atoms with Gasteiger partial charge in [0.15, 0.2) is 0 Å². The van der Waals surface area contributed by atoms with E-state index in [4.69, 9.17) is 4.74 Å². The number of benzene rings is 1. The molecule has 0 radical (unpaired) electrons. The second kappa shape index (κ2) is 5.99. The van der Waals surface area contributed by atoms with Gasteiger partial charge in [0.1, 0.15) is 9.30 Å². The summed E-state index contributed by atoms with van der Waals surface area (Å²) in [5.41, 5.74) is 0.598. The number of hydrogen-bond acceptors (Lipinski definition) is 3. The number of para-hydroxylation sites is 1. The molecule has 0 unspecified atom stereocenters. The Labute approximate surface area is 131 Å². The lowest BCUT2D eigenvalue weighted by atomic mass is 10.2. The van der Waals surface area contributed by atoms with Gasteiger partial charge in [0.25, 0.3) is 0 Å². The van der Waals surface area contributed by atoms with Gasteiger partial charge in [0, 0.05) is 11.9 Å². The number of alkyl carbamates (subject to hydrolysis) is 1. The van der Waals surface area contributed by atoms with Gasteiger partial charge in [-0.3, -0.25) is 4.68 Å². The average Bonchev–Trinajstić information content (AvgIpc) is 2.65. The van der Waals surface area contributed by atoms with Gasteiger partial charge in [-0.15, -0.1) is 0 Å². The van der Waals surface area contributed by atoms with E-state index in [-0.39, 0.29) is 0 Å². The summed E-state index contributed by atoms with van der Waals surface area (Å²) in [6, 6.07) is 8.05.